The van der Waals surface area contributed by atoms with Gasteiger partial charge in [-0.3, -0.25) is 9.59 Å². The number of nitrogens with one attached hydrogen (secondary N) is 3. The number of nitrogens with zero attached hydrogens (tertiary/aromatic N) is 1. The number of aromatic nitrogens is 2. The van der Waals surface area contributed by atoms with Crippen LogP contribution < -0.4 is 16.2 Å². The Balaban J connectivity index is 0.00000288. The van der Waals surface area contributed by atoms with Crippen LogP contribution in [0.1, 0.15) is 32.0 Å². The number of rotatable bonds is 9. The summed E-state index contributed by atoms with van der Waals surface area (Å²) in [6.07, 6.45) is 2.77. The third-order valence-electron chi connectivity index (χ3n) is 3.53. The van der Waals surface area contributed by atoms with Gasteiger partial charge in [-0.05, 0) is 31.5 Å². The quantitative estimate of drug-likeness (QED) is 0.600. The zero-order valence-corrected chi connectivity index (χ0v) is 14.7. The van der Waals surface area contributed by atoms with Crippen molar-refractivity contribution in [3.8, 4) is 0 Å². The van der Waals surface area contributed by atoms with Gasteiger partial charge in [0.25, 0.3) is 5.56 Å². The fourth-order valence-corrected chi connectivity index (χ4v) is 2.35. The van der Waals surface area contributed by atoms with Gasteiger partial charge < -0.3 is 15.6 Å². The summed E-state index contributed by atoms with van der Waals surface area (Å²) in [5, 5.41) is 6.70. The Hall–Kier alpha value is -1.92. The lowest BCUT2D eigenvalue weighted by Gasteiger charge is -2.06. The van der Waals surface area contributed by atoms with Gasteiger partial charge in [0.1, 0.15) is 5.82 Å². The normalized spacial score (nSPS) is 10.4. The van der Waals surface area contributed by atoms with E-state index < -0.39 is 0 Å². The van der Waals surface area contributed by atoms with Gasteiger partial charge in [-0.2, -0.15) is 0 Å². The third-order valence-corrected chi connectivity index (χ3v) is 3.53. The Morgan fingerprint density at radius 3 is 2.79 bits per heavy atom. The second kappa shape index (κ2) is 10.8. The molecule has 7 heteroatoms. The number of H-pyrrole nitrogens is 1. The Kier molecular flexibility index (Phi) is 9.04. The number of para-hydroxylation sites is 1. The minimum Gasteiger partial charge on any atom is -0.355 e. The Bertz CT molecular complexity index is 702. The molecule has 24 heavy (non-hydrogen) atoms. The summed E-state index contributed by atoms with van der Waals surface area (Å²) in [6, 6.07) is 7.26. The first-order valence-electron chi connectivity index (χ1n) is 8.16. The number of carbonyl (C=O) groups is 1. The molecule has 0 bridgehead atoms. The molecule has 2 aromatic rings. The first-order chi connectivity index (χ1) is 11.2. The van der Waals surface area contributed by atoms with Crippen LogP contribution in [0.3, 0.4) is 0 Å². The van der Waals surface area contributed by atoms with E-state index in [1.54, 1.807) is 6.07 Å². The summed E-state index contributed by atoms with van der Waals surface area (Å²) in [5.41, 5.74) is 0.565. The highest BCUT2D eigenvalue weighted by Crippen LogP contribution is 2.07. The molecule has 2 rings (SSSR count). The van der Waals surface area contributed by atoms with Crippen molar-refractivity contribution >= 4 is 29.2 Å². The molecule has 1 amide bonds. The fraction of sp³-hybridized carbons (Fsp3) is 0.471. The van der Waals surface area contributed by atoms with Crippen molar-refractivity contribution in [1.29, 1.82) is 0 Å². The molecule has 132 valence electrons. The van der Waals surface area contributed by atoms with E-state index in [9.17, 15) is 9.59 Å². The minimum absolute atomic E-state index is 0. The van der Waals surface area contributed by atoms with Gasteiger partial charge in [0.15, 0.2) is 0 Å². The number of fused-ring (bicyclic) bond motifs is 1. The number of carbonyl (C=O) groups excluding carboxylic acids is 1. The van der Waals surface area contributed by atoms with Crippen LogP contribution in [0.2, 0.25) is 0 Å². The lowest BCUT2D eigenvalue weighted by atomic mass is 10.2. The van der Waals surface area contributed by atoms with E-state index in [1.165, 1.54) is 0 Å². The monoisotopic (exact) mass is 352 g/mol. The molecule has 0 fully saturated rings. The Labute approximate surface area is 147 Å². The van der Waals surface area contributed by atoms with Gasteiger partial charge >= 0.3 is 0 Å². The van der Waals surface area contributed by atoms with E-state index in [2.05, 4.69) is 27.5 Å². The summed E-state index contributed by atoms with van der Waals surface area (Å²) in [6.45, 7) is 4.51. The maximum atomic E-state index is 11.9. The summed E-state index contributed by atoms with van der Waals surface area (Å²) in [5.74, 6) is 0.664. The van der Waals surface area contributed by atoms with Crippen molar-refractivity contribution < 1.29 is 4.79 Å². The Morgan fingerprint density at radius 1 is 1.21 bits per heavy atom. The molecule has 0 spiro atoms. The van der Waals surface area contributed by atoms with Crippen LogP contribution in [0, 0.1) is 0 Å². The average molecular weight is 353 g/mol. The van der Waals surface area contributed by atoms with E-state index in [0.29, 0.717) is 42.5 Å². The van der Waals surface area contributed by atoms with Crippen LogP contribution >= 0.6 is 12.4 Å². The fourth-order valence-electron chi connectivity index (χ4n) is 2.35. The van der Waals surface area contributed by atoms with Crippen LogP contribution in [-0.4, -0.2) is 35.5 Å². The second-order valence-corrected chi connectivity index (χ2v) is 5.48. The molecule has 0 unspecified atom stereocenters. The zero-order valence-electron chi connectivity index (χ0n) is 13.9. The van der Waals surface area contributed by atoms with Crippen molar-refractivity contribution in [3.05, 3.63) is 40.4 Å². The van der Waals surface area contributed by atoms with E-state index in [-0.39, 0.29) is 23.9 Å². The van der Waals surface area contributed by atoms with Crippen molar-refractivity contribution in [2.75, 3.05) is 19.6 Å². The van der Waals surface area contributed by atoms with Crippen molar-refractivity contribution in [2.24, 2.45) is 0 Å². The summed E-state index contributed by atoms with van der Waals surface area (Å²) >= 11 is 0. The van der Waals surface area contributed by atoms with Crippen LogP contribution in [0.15, 0.2) is 29.1 Å². The maximum Gasteiger partial charge on any atom is 0.258 e. The predicted octanol–water partition coefficient (Wildman–Crippen LogP) is 1.78. The third kappa shape index (κ3) is 6.29. The average Bonchev–Trinajstić information content (AvgIpc) is 2.55. The molecule has 0 atom stereocenters. The summed E-state index contributed by atoms with van der Waals surface area (Å²) < 4.78 is 0. The highest BCUT2D eigenvalue weighted by atomic mass is 35.5. The van der Waals surface area contributed by atoms with E-state index in [1.807, 2.05) is 18.2 Å². The first kappa shape index (κ1) is 20.1. The van der Waals surface area contributed by atoms with Gasteiger partial charge in [0.05, 0.1) is 10.9 Å². The van der Waals surface area contributed by atoms with E-state index in [4.69, 9.17) is 0 Å². The lowest BCUT2D eigenvalue weighted by Crippen LogP contribution is -2.32. The number of benzene rings is 1. The van der Waals surface area contributed by atoms with Crippen LogP contribution in [0.4, 0.5) is 0 Å². The van der Waals surface area contributed by atoms with Crippen molar-refractivity contribution in [2.45, 2.75) is 32.6 Å². The molecular formula is C17H25ClN4O2. The SMILES string of the molecule is CCCNCCNC(=O)CCCc1nc2ccccc2c(=O)[nH]1.Cl. The molecule has 0 aliphatic heterocycles. The van der Waals surface area contributed by atoms with E-state index >= 15 is 0 Å². The van der Waals surface area contributed by atoms with Crippen molar-refractivity contribution in [3.63, 3.8) is 0 Å². The number of hydrogen-bond acceptors (Lipinski definition) is 4. The predicted molar refractivity (Wildman–Crippen MR) is 98.7 cm³/mol. The van der Waals surface area contributed by atoms with Crippen LogP contribution in [0.25, 0.3) is 10.9 Å². The number of aromatic amines is 1. The molecule has 3 N–H and O–H groups in total. The van der Waals surface area contributed by atoms with Gasteiger partial charge in [0, 0.05) is 25.9 Å². The van der Waals surface area contributed by atoms with E-state index in [0.717, 1.165) is 19.5 Å². The standard InChI is InChI=1S/C17H24N4O2.ClH/c1-2-10-18-11-12-19-16(22)9-5-8-15-20-14-7-4-3-6-13(14)17(23)21-15;/h3-4,6-7,18H,2,5,8-12H2,1H3,(H,19,22)(H,20,21,23);1H. The minimum atomic E-state index is -0.128. The number of aryl methyl sites for hydroxylation is 1. The first-order valence-corrected chi connectivity index (χ1v) is 8.16. The lowest BCUT2D eigenvalue weighted by molar-refractivity contribution is -0.121. The molecule has 0 radical (unpaired) electrons. The molecule has 0 saturated heterocycles. The Morgan fingerprint density at radius 2 is 2.00 bits per heavy atom. The van der Waals surface area contributed by atoms with Gasteiger partial charge in [0.2, 0.25) is 5.91 Å². The second-order valence-electron chi connectivity index (χ2n) is 5.48. The number of halogens is 1. The highest BCUT2D eigenvalue weighted by Gasteiger charge is 2.05. The summed E-state index contributed by atoms with van der Waals surface area (Å²) in [4.78, 5) is 30.9. The van der Waals surface area contributed by atoms with Crippen LogP contribution in [0.5, 0.6) is 0 Å². The maximum absolute atomic E-state index is 11.9. The molecule has 6 nitrogen and oxygen atoms in total. The largest absolute Gasteiger partial charge is 0.355 e. The molecule has 1 aromatic carbocycles. The molecule has 1 aromatic heterocycles. The summed E-state index contributed by atoms with van der Waals surface area (Å²) in [7, 11) is 0. The molecule has 1 heterocycles. The smallest absolute Gasteiger partial charge is 0.258 e. The highest BCUT2D eigenvalue weighted by molar-refractivity contribution is 5.85. The zero-order chi connectivity index (χ0) is 16.5. The van der Waals surface area contributed by atoms with Gasteiger partial charge in [-0.1, -0.05) is 19.1 Å². The van der Waals surface area contributed by atoms with Crippen molar-refractivity contribution in [1.82, 2.24) is 20.6 Å². The molecule has 0 aliphatic carbocycles. The topological polar surface area (TPSA) is 86.9 Å². The molecular weight excluding hydrogens is 328 g/mol. The van der Waals surface area contributed by atoms with Gasteiger partial charge in [-0.15, -0.1) is 12.4 Å². The molecule has 0 aliphatic rings. The number of hydrogen-bond donors (Lipinski definition) is 3. The van der Waals surface area contributed by atoms with Gasteiger partial charge in [-0.25, -0.2) is 4.98 Å². The molecule has 0 saturated carbocycles. The number of amides is 1. The van der Waals surface area contributed by atoms with Crippen LogP contribution in [-0.2, 0) is 11.2 Å².